The number of aliphatic hydroxyl groups is 2. The van der Waals surface area contributed by atoms with E-state index in [-0.39, 0.29) is 303 Å². The van der Waals surface area contributed by atoms with E-state index in [2.05, 4.69) is 73.8 Å². The normalized spacial score (nSPS) is 15.8. The Hall–Kier alpha value is -1.55. The minimum absolute atomic E-state index is 0. The number of urea groups is 1. The van der Waals surface area contributed by atoms with Crippen LogP contribution in [0.5, 0.6) is 0 Å². The molecule has 3 aromatic carbocycles. The number of aromatic nitrogens is 1. The number of benzene rings is 3. The molecule has 8 unspecified atom stereocenters. The predicted molar refractivity (Wildman–Crippen MR) is 405 cm³/mol. The van der Waals surface area contributed by atoms with Crippen molar-refractivity contribution in [2.24, 2.45) is 22.4 Å². The summed E-state index contributed by atoms with van der Waals surface area (Å²) in [6.45, 7) is 1.85. The molecular formula is C76H101EuN13O15S3V8-3. The first kappa shape index (κ1) is 119. The molecule has 40 heteroatoms. The standard InChI is InChI=1S/C76H103N13O15S2.Eu.S.8V/c77-74(78)80-36-15-18-56(72(98)82-57-33-29-54(30-34-57)44-62(91)21-8-4-13-35-79-68(93)24-9-2-1-7-19-61(90)20-10-11-23-67-71-64(51-106-67)84-75(100)86-71)46-66(92)65-22-12-14-37-89(65)73(99)63(45-53-16-5-3-6-17-53)85-76(105)83-58-31-27-52(28-32-58)25-26-55-42-59(47-87(38-40-103-101)49-69(94)95)81-60(43-55)48-88(39-41-104-102)50-70(96)97;;;;;;;;;;/h3,5-6,16-17,27-34,40-43,56,63-65,67,69-71,94,96,101-102H,1-2,4,7-15,18-24,35-39,44-51H2,(H,79,93)(H,82,98)(H4,77,78,80)(H2,83,85,105)(H2,84,86,100);;;;;;;;;;/q-4;+3;;;;;;;;;/p-2. The van der Waals surface area contributed by atoms with Gasteiger partial charge in [0.05, 0.1) is 29.5 Å². The summed E-state index contributed by atoms with van der Waals surface area (Å²) in [6, 6.07) is 25.2. The van der Waals surface area contributed by atoms with Gasteiger partial charge < -0.3 is 98.8 Å². The Morgan fingerprint density at radius 1 is 0.716 bits per heavy atom. The van der Waals surface area contributed by atoms with Gasteiger partial charge in [-0.15, -0.1) is 13.1 Å². The molecule has 3 saturated heterocycles. The summed E-state index contributed by atoms with van der Waals surface area (Å²) < 4.78 is 0. The fourth-order valence-corrected chi connectivity index (χ4v) is 15.0. The summed E-state index contributed by atoms with van der Waals surface area (Å²) in [5, 5.41) is 83.1. The molecule has 4 aromatic rings. The Bertz CT molecular complexity index is 3560. The number of ketones is 3. The van der Waals surface area contributed by atoms with Crippen LogP contribution in [0.15, 0.2) is 96.0 Å². The van der Waals surface area contributed by atoms with Crippen molar-refractivity contribution in [1.29, 1.82) is 0 Å². The summed E-state index contributed by atoms with van der Waals surface area (Å²) in [4.78, 5) is 114. The van der Waals surface area contributed by atoms with Crippen molar-refractivity contribution in [3.63, 3.8) is 0 Å². The fraction of sp³-hybridized carbons (Fsp3) is 0.526. The number of hydrogen-bond donors (Lipinski definition) is 10. The number of piperidine rings is 1. The third kappa shape index (κ3) is 47.5. The number of nitrogens with two attached hydrogens (primary N) is 2. The van der Waals surface area contributed by atoms with Crippen LogP contribution in [0.4, 0.5) is 16.2 Å². The van der Waals surface area contributed by atoms with Gasteiger partial charge in [0.1, 0.15) is 17.6 Å². The van der Waals surface area contributed by atoms with Crippen LogP contribution in [0, 0.1) is 80.3 Å². The Balaban J connectivity index is -0.0000127. The van der Waals surface area contributed by atoms with Crippen molar-refractivity contribution in [1.82, 2.24) is 41.0 Å². The van der Waals surface area contributed by atoms with Gasteiger partial charge in [-0.3, -0.25) is 38.7 Å². The minimum atomic E-state index is -2.00. The van der Waals surface area contributed by atoms with Crippen LogP contribution >= 0.6 is 34.3 Å². The number of rotatable bonds is 48. The first-order chi connectivity index (χ1) is 52.2. The number of aliphatic hydroxyl groups excluding tert-OH is 2. The number of thioether (sulfide) groups is 1. The monoisotopic (exact) mass is 2090 g/mol. The maximum Gasteiger partial charge on any atom is 0 e. The van der Waals surface area contributed by atoms with E-state index in [9.17, 15) is 64.5 Å². The molecule has 7 rings (SSSR count). The third-order valence-corrected chi connectivity index (χ3v) is 20.2. The number of amides is 5. The molecule has 3 aliphatic heterocycles. The summed E-state index contributed by atoms with van der Waals surface area (Å²) in [5.41, 5.74) is 15.7. The molecule has 1 aromatic heterocycles. The number of hydrogen-bond acceptors (Lipinski definition) is 22. The molecule has 0 bridgehead atoms. The van der Waals surface area contributed by atoms with E-state index >= 15 is 0 Å². The van der Waals surface area contributed by atoms with Crippen molar-refractivity contribution in [3.8, 4) is 11.8 Å². The number of carbonyl (C=O) groups excluding carboxylic acids is 7. The van der Waals surface area contributed by atoms with Gasteiger partial charge in [-0.2, -0.15) is 11.8 Å². The Kier molecular flexibility index (Phi) is 70.3. The van der Waals surface area contributed by atoms with Crippen LogP contribution in [0.2, 0.25) is 0 Å². The first-order valence-electron chi connectivity index (χ1n) is 36.7. The summed E-state index contributed by atoms with van der Waals surface area (Å²) >= 11 is 9.63. The molecule has 0 spiro atoms. The maximum absolute atomic E-state index is 15.0. The average Bonchev–Trinajstić information content (AvgIpc) is 1.53. The van der Waals surface area contributed by atoms with Gasteiger partial charge in [-0.25, -0.2) is 18.0 Å². The average molecular weight is 2090 g/mol. The number of anilines is 2. The first-order valence-corrected chi connectivity index (χ1v) is 40.3. The van der Waals surface area contributed by atoms with Gasteiger partial charge in [0.15, 0.2) is 16.9 Å². The van der Waals surface area contributed by atoms with Crippen LogP contribution in [-0.4, -0.2) is 176 Å². The number of guanidine groups is 1. The third-order valence-electron chi connectivity index (χ3n) is 18.5. The van der Waals surface area contributed by atoms with Crippen LogP contribution in [0.1, 0.15) is 162 Å². The van der Waals surface area contributed by atoms with Crippen LogP contribution in [0.3, 0.4) is 0 Å². The van der Waals surface area contributed by atoms with Gasteiger partial charge in [-0.05, 0) is 155 Å². The molecule has 3 fully saturated rings. The number of carbonyl (C=O) groups is 7. The summed E-state index contributed by atoms with van der Waals surface area (Å²) in [7, 11) is 4.02. The minimum Gasteiger partial charge on any atom is 0 e. The number of fused-ring (bicyclic) bond motifs is 1. The molecular weight excluding hydrogens is 1990 g/mol. The molecule has 0 saturated carbocycles. The Morgan fingerprint density at radius 2 is 1.28 bits per heavy atom. The van der Waals surface area contributed by atoms with Gasteiger partial charge >= 0.3 is 81.4 Å². The number of nitrogens with zero attached hydrogens (tertiary/aromatic N) is 5. The second-order valence-electron chi connectivity index (χ2n) is 27.1. The van der Waals surface area contributed by atoms with Crippen molar-refractivity contribution in [2.75, 3.05) is 62.2 Å². The number of pyridine rings is 1. The largest absolute Gasteiger partial charge is 0 e. The molecule has 4 heterocycles. The Morgan fingerprint density at radius 3 is 1.87 bits per heavy atom. The van der Waals surface area contributed by atoms with Gasteiger partial charge in [-0.1, -0.05) is 80.0 Å². The van der Waals surface area contributed by atoms with E-state index in [1.165, 1.54) is 9.80 Å². The van der Waals surface area contributed by atoms with E-state index in [0.29, 0.717) is 116 Å². The second kappa shape index (κ2) is 68.8. The second-order valence-corrected chi connectivity index (χ2v) is 28.8. The quantitative estimate of drug-likeness (QED) is 0.00290. The molecule has 3 aliphatic rings. The molecule has 628 valence electrons. The van der Waals surface area contributed by atoms with Crippen LogP contribution in [0.25, 0.3) is 0 Å². The van der Waals surface area contributed by atoms with Crippen molar-refractivity contribution in [3.05, 3.63) is 138 Å². The zero-order valence-corrected chi connectivity index (χ0v) is 80.4. The summed E-state index contributed by atoms with van der Waals surface area (Å²) in [6.07, 6.45) is 9.13. The zero-order valence-electron chi connectivity index (χ0n) is 64.3. The number of thiocarbonyl (C=S) groups is 1. The number of nitrogens with one attached hydrogen (secondary N) is 6. The summed E-state index contributed by atoms with van der Waals surface area (Å²) in [5.74, 6) is 5.58. The van der Waals surface area contributed by atoms with Crippen LogP contribution in [-0.2, 0) is 210 Å². The van der Waals surface area contributed by atoms with E-state index < -0.39 is 36.5 Å². The molecule has 0 aliphatic carbocycles. The Labute approximate surface area is 828 Å². The molecule has 12 N–H and O–H groups in total. The number of aliphatic imine (C=N–C) groups is 1. The van der Waals surface area contributed by atoms with Crippen molar-refractivity contribution >= 4 is 97.8 Å². The zero-order chi connectivity index (χ0) is 78.0. The molecule has 7 radical (unpaired) electrons. The predicted octanol–water partition coefficient (Wildman–Crippen LogP) is 2.95. The van der Waals surface area contributed by atoms with Crippen molar-refractivity contribution in [2.45, 2.75) is 196 Å². The van der Waals surface area contributed by atoms with E-state index in [1.54, 1.807) is 65.6 Å². The number of Topliss-reactive ketones (excluding diaryl/α,β-unsaturated/α-hetero) is 3. The van der Waals surface area contributed by atoms with Crippen molar-refractivity contribution < 1.29 is 269 Å². The molecule has 116 heavy (non-hydrogen) atoms. The number of unbranched alkanes of at least 4 members (excludes halogenated alkanes) is 6. The SMILES string of the molecule is NC(N)=NCCCC(CC(=O)C1CCCCN1C(=O)C(Cc1ccccc1)NC(=S)Nc1ccc(C#Cc2cc(CN(C[CH-]O[O-])CC([O-])O)nc(CN(C[CH-]O[O-])CC([O-])O)c2)cc1)C(=O)Nc1ccc(CC(=O)CCCCCNC(=O)CCCCCCC(=O)CCCCC2SCC3NC(=O)NC32)cc1.[Eu+3].[S]=[V].[V].[V].[V].[V].[V].[V].[V]. The number of likely N-dealkylation sites (tertiary alicyclic amines) is 1. The van der Waals surface area contributed by atoms with Gasteiger partial charge in [0, 0.05) is 260 Å². The van der Waals surface area contributed by atoms with E-state index in [1.807, 2.05) is 57.8 Å². The molecule has 5 amide bonds. The topological polar surface area (TPSA) is 430 Å². The van der Waals surface area contributed by atoms with E-state index in [0.717, 1.165) is 87.9 Å². The van der Waals surface area contributed by atoms with Gasteiger partial charge in [0.2, 0.25) is 17.7 Å². The maximum atomic E-state index is 15.0. The van der Waals surface area contributed by atoms with Gasteiger partial charge in [0.25, 0.3) is 0 Å². The van der Waals surface area contributed by atoms with E-state index in [4.69, 9.17) is 23.7 Å². The van der Waals surface area contributed by atoms with Crippen LogP contribution < -0.4 is 64.1 Å². The molecule has 28 nitrogen and oxygen atoms in total. The smallest absolute Gasteiger partial charge is 0 e. The fourth-order valence-electron chi connectivity index (χ4n) is 13.2. The molecule has 8 atom stereocenters.